The third-order valence-corrected chi connectivity index (χ3v) is 4.58. The first-order chi connectivity index (χ1) is 12.4. The van der Waals surface area contributed by atoms with Gasteiger partial charge in [-0.1, -0.05) is 17.7 Å². The van der Waals surface area contributed by atoms with Gasteiger partial charge in [0.15, 0.2) is 6.29 Å². The molecular formula is C16H28O10S. The maximum Gasteiger partial charge on any atom is 0.397 e. The molecule has 0 unspecified atom stereocenters. The first-order valence-corrected chi connectivity index (χ1v) is 9.68. The molecule has 1 aliphatic heterocycles. The van der Waals surface area contributed by atoms with Crippen LogP contribution in [-0.2, 0) is 24.1 Å². The van der Waals surface area contributed by atoms with Crippen molar-refractivity contribution < 1.29 is 47.1 Å². The maximum absolute atomic E-state index is 10.8. The number of rotatable bonds is 10. The third-order valence-electron chi connectivity index (χ3n) is 4.11. The number of allylic oxidation sites excluding steroid dienone is 1. The van der Waals surface area contributed by atoms with Crippen molar-refractivity contribution in [1.82, 2.24) is 0 Å². The van der Waals surface area contributed by atoms with E-state index >= 15 is 0 Å². The average molecular weight is 412 g/mol. The third kappa shape index (κ3) is 7.94. The molecule has 1 saturated heterocycles. The molecule has 10 nitrogen and oxygen atoms in total. The van der Waals surface area contributed by atoms with Crippen LogP contribution in [0.25, 0.3) is 0 Å². The Balaban J connectivity index is 2.64. The summed E-state index contributed by atoms with van der Waals surface area (Å²) in [6, 6.07) is 0. The molecule has 0 bridgehead atoms. The van der Waals surface area contributed by atoms with Crippen molar-refractivity contribution in [2.75, 3.05) is 13.2 Å². The van der Waals surface area contributed by atoms with E-state index in [4.69, 9.17) is 14.0 Å². The molecule has 11 heteroatoms. The smallest absolute Gasteiger partial charge is 0.394 e. The van der Waals surface area contributed by atoms with Crippen LogP contribution in [0.3, 0.4) is 0 Å². The summed E-state index contributed by atoms with van der Waals surface area (Å²) < 4.78 is 45.3. The summed E-state index contributed by atoms with van der Waals surface area (Å²) in [4.78, 5) is 0. The van der Waals surface area contributed by atoms with Gasteiger partial charge in [-0.05, 0) is 26.7 Å². The fourth-order valence-corrected chi connectivity index (χ4v) is 2.95. The SMILES string of the molecule is C=C[C@@](C)(O)CC/C=C(\C)CO[C@@H]1O[C@H](CO)[C@@H](OS(=O)(=O)O)[C@H](O)[C@H]1O. The molecule has 0 aromatic rings. The Labute approximate surface area is 158 Å². The first-order valence-electron chi connectivity index (χ1n) is 8.31. The Morgan fingerprint density at radius 2 is 1.96 bits per heavy atom. The topological polar surface area (TPSA) is 163 Å². The lowest BCUT2D eigenvalue weighted by molar-refractivity contribution is -0.295. The van der Waals surface area contributed by atoms with E-state index in [0.717, 1.165) is 5.57 Å². The van der Waals surface area contributed by atoms with Gasteiger partial charge in [-0.15, -0.1) is 6.58 Å². The lowest BCUT2D eigenvalue weighted by atomic mass is 9.99. The van der Waals surface area contributed by atoms with Crippen molar-refractivity contribution >= 4 is 10.4 Å². The summed E-state index contributed by atoms with van der Waals surface area (Å²) in [5.41, 5.74) is -0.224. The van der Waals surface area contributed by atoms with Crippen molar-refractivity contribution in [3.63, 3.8) is 0 Å². The molecule has 6 atom stereocenters. The maximum atomic E-state index is 10.8. The monoisotopic (exact) mass is 412 g/mol. The lowest BCUT2D eigenvalue weighted by Crippen LogP contribution is -2.60. The van der Waals surface area contributed by atoms with Gasteiger partial charge in [0.25, 0.3) is 0 Å². The summed E-state index contributed by atoms with van der Waals surface area (Å²) in [5.74, 6) is 0. The molecule has 0 aliphatic carbocycles. The number of ether oxygens (including phenoxy) is 2. The van der Waals surface area contributed by atoms with Crippen LogP contribution >= 0.6 is 0 Å². The fourth-order valence-electron chi connectivity index (χ4n) is 2.43. The molecule has 0 spiro atoms. The van der Waals surface area contributed by atoms with Gasteiger partial charge in [-0.3, -0.25) is 4.55 Å². The van der Waals surface area contributed by atoms with E-state index < -0.39 is 53.3 Å². The molecular weight excluding hydrogens is 384 g/mol. The summed E-state index contributed by atoms with van der Waals surface area (Å²) >= 11 is 0. The van der Waals surface area contributed by atoms with E-state index in [9.17, 15) is 28.8 Å². The number of aliphatic hydroxyl groups is 4. The van der Waals surface area contributed by atoms with E-state index in [1.165, 1.54) is 6.08 Å². The van der Waals surface area contributed by atoms with Crippen molar-refractivity contribution in [2.24, 2.45) is 0 Å². The average Bonchev–Trinajstić information content (AvgIpc) is 2.57. The van der Waals surface area contributed by atoms with Crippen LogP contribution in [-0.4, -0.2) is 82.9 Å². The largest absolute Gasteiger partial charge is 0.397 e. The molecule has 0 saturated carbocycles. The van der Waals surface area contributed by atoms with Crippen LogP contribution in [0, 0.1) is 0 Å². The van der Waals surface area contributed by atoms with Crippen LogP contribution in [0.5, 0.6) is 0 Å². The summed E-state index contributed by atoms with van der Waals surface area (Å²) in [6.07, 6.45) is -3.58. The summed E-state index contributed by atoms with van der Waals surface area (Å²) in [7, 11) is -4.93. The molecule has 1 heterocycles. The standard InChI is InChI=1S/C16H28O10S/c1-4-16(3,20)7-5-6-10(2)9-24-15-13(19)12(18)14(11(8-17)25-15)26-27(21,22)23/h4,6,11-15,17-20H,1,5,7-9H2,2-3H3,(H,21,22,23)/b10-6+/t11-,12-,13-,14-,15-,16-/m1/s1. The van der Waals surface area contributed by atoms with E-state index in [0.29, 0.717) is 12.8 Å². The number of aliphatic hydroxyl groups excluding tert-OH is 3. The second-order valence-corrected chi connectivity index (χ2v) is 7.70. The minimum absolute atomic E-state index is 0.0205. The van der Waals surface area contributed by atoms with Crippen LogP contribution in [0.1, 0.15) is 26.7 Å². The molecule has 1 fully saturated rings. The predicted octanol–water partition coefficient (Wildman–Crippen LogP) is -0.706. The number of hydrogen-bond acceptors (Lipinski definition) is 9. The Hall–Kier alpha value is -0.890. The van der Waals surface area contributed by atoms with Gasteiger partial charge in [0.1, 0.15) is 24.4 Å². The van der Waals surface area contributed by atoms with Crippen LogP contribution in [0.2, 0.25) is 0 Å². The van der Waals surface area contributed by atoms with E-state index in [1.54, 1.807) is 13.8 Å². The van der Waals surface area contributed by atoms with E-state index in [1.807, 2.05) is 6.08 Å². The normalized spacial score (nSPS) is 32.1. The van der Waals surface area contributed by atoms with Gasteiger partial charge in [-0.2, -0.15) is 8.42 Å². The molecule has 0 radical (unpaired) electrons. The Morgan fingerprint density at radius 3 is 2.48 bits per heavy atom. The van der Waals surface area contributed by atoms with Gasteiger partial charge in [0, 0.05) is 0 Å². The van der Waals surface area contributed by atoms with Gasteiger partial charge in [-0.25, -0.2) is 4.18 Å². The second kappa shape index (κ2) is 10.0. The Morgan fingerprint density at radius 1 is 1.33 bits per heavy atom. The highest BCUT2D eigenvalue weighted by atomic mass is 32.3. The molecule has 1 rings (SSSR count). The quantitative estimate of drug-likeness (QED) is 0.229. The summed E-state index contributed by atoms with van der Waals surface area (Å²) in [5, 5.41) is 39.2. The van der Waals surface area contributed by atoms with E-state index in [-0.39, 0.29) is 6.61 Å². The molecule has 0 aromatic carbocycles. The molecule has 0 amide bonds. The second-order valence-electron chi connectivity index (χ2n) is 6.66. The van der Waals surface area contributed by atoms with Crippen molar-refractivity contribution in [2.45, 2.75) is 63.0 Å². The molecule has 1 aliphatic rings. The fraction of sp³-hybridized carbons (Fsp3) is 0.750. The zero-order chi connectivity index (χ0) is 20.8. The molecule has 27 heavy (non-hydrogen) atoms. The number of hydrogen-bond donors (Lipinski definition) is 5. The molecule has 5 N–H and O–H groups in total. The summed E-state index contributed by atoms with van der Waals surface area (Å²) in [6.45, 7) is 6.20. The molecule has 158 valence electrons. The minimum Gasteiger partial charge on any atom is -0.394 e. The van der Waals surface area contributed by atoms with Crippen LogP contribution < -0.4 is 0 Å². The van der Waals surface area contributed by atoms with Gasteiger partial charge in [0.05, 0.1) is 18.8 Å². The van der Waals surface area contributed by atoms with Crippen molar-refractivity contribution in [3.8, 4) is 0 Å². The van der Waals surface area contributed by atoms with E-state index in [2.05, 4.69) is 10.8 Å². The lowest BCUT2D eigenvalue weighted by Gasteiger charge is -2.40. The highest BCUT2D eigenvalue weighted by Gasteiger charge is 2.47. The van der Waals surface area contributed by atoms with Crippen LogP contribution in [0.15, 0.2) is 24.3 Å². The zero-order valence-electron chi connectivity index (χ0n) is 15.3. The van der Waals surface area contributed by atoms with Crippen molar-refractivity contribution in [3.05, 3.63) is 24.3 Å². The van der Waals surface area contributed by atoms with Crippen molar-refractivity contribution in [1.29, 1.82) is 0 Å². The Kier molecular flexibility index (Phi) is 8.99. The highest BCUT2D eigenvalue weighted by molar-refractivity contribution is 7.80. The van der Waals surface area contributed by atoms with Gasteiger partial charge >= 0.3 is 10.4 Å². The Bertz CT molecular complexity index is 613. The van der Waals surface area contributed by atoms with Gasteiger partial charge in [0.2, 0.25) is 0 Å². The first kappa shape index (κ1) is 24.1. The van der Waals surface area contributed by atoms with Gasteiger partial charge < -0.3 is 29.9 Å². The highest BCUT2D eigenvalue weighted by Crippen LogP contribution is 2.25. The predicted molar refractivity (Wildman–Crippen MR) is 93.9 cm³/mol. The van der Waals surface area contributed by atoms with Crippen LogP contribution in [0.4, 0.5) is 0 Å². The zero-order valence-corrected chi connectivity index (χ0v) is 16.1. The molecule has 0 aromatic heterocycles. The minimum atomic E-state index is -4.93.